The molecule has 2 atom stereocenters. The average molecular weight is 353 g/mol. The summed E-state index contributed by atoms with van der Waals surface area (Å²) in [5.41, 5.74) is 1.11. The Balaban J connectivity index is 1.50. The third kappa shape index (κ3) is 4.54. The molecule has 0 bridgehead atoms. The fraction of sp³-hybridized carbons (Fsp3) is 0.562. The molecule has 8 heteroatoms. The number of amides is 1. The first-order valence-corrected chi connectivity index (χ1v) is 9.29. The molecule has 1 aromatic carbocycles. The molecular weight excluding hydrogens is 330 g/mol. The van der Waals surface area contributed by atoms with Crippen LogP contribution in [0.25, 0.3) is 0 Å². The van der Waals surface area contributed by atoms with Gasteiger partial charge in [-0.3, -0.25) is 19.0 Å². The largest absolute Gasteiger partial charge is 0.381 e. The first-order valence-electron chi connectivity index (χ1n) is 8.19. The van der Waals surface area contributed by atoms with Gasteiger partial charge in [0.25, 0.3) is 17.2 Å². The van der Waals surface area contributed by atoms with Crippen molar-refractivity contribution in [3.05, 3.63) is 29.8 Å². The molecule has 2 fully saturated rings. The fourth-order valence-corrected chi connectivity index (χ4v) is 3.53. The predicted octanol–water partition coefficient (Wildman–Crippen LogP) is 1.03. The topological polar surface area (TPSA) is 82.1 Å². The number of piperazine rings is 1. The van der Waals surface area contributed by atoms with Crippen LogP contribution in [0.1, 0.15) is 16.8 Å². The van der Waals surface area contributed by atoms with E-state index in [9.17, 15) is 9.00 Å². The lowest BCUT2D eigenvalue weighted by Crippen LogP contribution is -2.49. The first kappa shape index (κ1) is 17.3. The van der Waals surface area contributed by atoms with Gasteiger partial charge in [-0.1, -0.05) is 0 Å². The van der Waals surface area contributed by atoms with Crippen molar-refractivity contribution in [3.8, 4) is 0 Å². The van der Waals surface area contributed by atoms with E-state index in [1.165, 1.54) is 0 Å². The summed E-state index contributed by atoms with van der Waals surface area (Å²) in [6.45, 7) is 6.04. The van der Waals surface area contributed by atoms with Crippen LogP contribution in [0.3, 0.4) is 0 Å². The summed E-state index contributed by atoms with van der Waals surface area (Å²) in [4.78, 5) is 16.8. The van der Waals surface area contributed by atoms with E-state index >= 15 is 0 Å². The summed E-state index contributed by atoms with van der Waals surface area (Å²) in [5.74, 6) is 0.639. The maximum atomic E-state index is 12.5. The van der Waals surface area contributed by atoms with Crippen molar-refractivity contribution in [2.75, 3.05) is 50.7 Å². The van der Waals surface area contributed by atoms with Crippen molar-refractivity contribution in [2.24, 2.45) is 5.92 Å². The minimum absolute atomic E-state index is 0.00974. The molecule has 7 nitrogen and oxygen atoms in total. The van der Waals surface area contributed by atoms with Crippen molar-refractivity contribution in [1.29, 1.82) is 0 Å². The second-order valence-electron chi connectivity index (χ2n) is 6.25. The summed E-state index contributed by atoms with van der Waals surface area (Å²) in [6, 6.07) is 6.63. The zero-order valence-electron chi connectivity index (χ0n) is 13.5. The van der Waals surface area contributed by atoms with Crippen LogP contribution < -0.4 is 4.72 Å². The maximum Gasteiger partial charge on any atom is 0.259 e. The Kier molecular flexibility index (Phi) is 5.83. The number of benzene rings is 1. The number of ether oxygens (including phenoxy) is 1. The molecule has 0 aromatic heterocycles. The molecule has 24 heavy (non-hydrogen) atoms. The summed E-state index contributed by atoms with van der Waals surface area (Å²) < 4.78 is 27.3. The van der Waals surface area contributed by atoms with Gasteiger partial charge < -0.3 is 9.64 Å². The minimum atomic E-state index is -2.10. The van der Waals surface area contributed by atoms with Gasteiger partial charge >= 0.3 is 0 Å². The quantitative estimate of drug-likeness (QED) is 0.773. The molecule has 2 aliphatic heterocycles. The zero-order chi connectivity index (χ0) is 16.9. The average Bonchev–Trinajstić information content (AvgIpc) is 3.08. The van der Waals surface area contributed by atoms with Crippen molar-refractivity contribution in [2.45, 2.75) is 6.42 Å². The number of anilines is 1. The Bertz CT molecular complexity index is 581. The third-order valence-corrected chi connectivity index (χ3v) is 4.95. The van der Waals surface area contributed by atoms with Crippen LogP contribution in [0.5, 0.6) is 0 Å². The number of nitrogens with zero attached hydrogens (tertiary/aromatic N) is 2. The number of carbonyl (C=O) groups excluding carboxylic acids is 1. The van der Waals surface area contributed by atoms with E-state index < -0.39 is 11.3 Å². The molecule has 0 radical (unpaired) electrons. The highest BCUT2D eigenvalue weighted by molar-refractivity contribution is 7.80. The Hall–Kier alpha value is -1.48. The SMILES string of the molecule is O=C(c1ccc(NS(=O)O)cc1)N1CCN(CC2CCOC2)CC1. The molecule has 2 saturated heterocycles. The number of hydrogen-bond donors (Lipinski definition) is 2. The molecule has 132 valence electrons. The van der Waals surface area contributed by atoms with E-state index in [-0.39, 0.29) is 5.91 Å². The van der Waals surface area contributed by atoms with Crippen molar-refractivity contribution >= 4 is 22.9 Å². The van der Waals surface area contributed by atoms with E-state index in [0.717, 1.165) is 52.4 Å². The Morgan fingerprint density at radius 1 is 1.25 bits per heavy atom. The molecule has 0 saturated carbocycles. The molecular formula is C16H23N3O4S. The number of carbonyl (C=O) groups is 1. The fourth-order valence-electron chi connectivity index (χ4n) is 3.19. The van der Waals surface area contributed by atoms with Gasteiger partial charge in [0.15, 0.2) is 0 Å². The molecule has 2 heterocycles. The minimum Gasteiger partial charge on any atom is -0.381 e. The molecule has 2 aliphatic rings. The summed E-state index contributed by atoms with van der Waals surface area (Å²) in [6.07, 6.45) is 1.14. The standard InChI is InChI=1S/C16H23N3O4S/c20-16(14-1-3-15(4-2-14)17-24(21)22)19-8-6-18(7-9-19)11-13-5-10-23-12-13/h1-4,13,17H,5-12H2,(H,21,22). The lowest BCUT2D eigenvalue weighted by molar-refractivity contribution is 0.0611. The maximum absolute atomic E-state index is 12.5. The van der Waals surface area contributed by atoms with Crippen LogP contribution in [0.15, 0.2) is 24.3 Å². The highest BCUT2D eigenvalue weighted by atomic mass is 32.2. The van der Waals surface area contributed by atoms with Crippen LogP contribution in [0, 0.1) is 5.92 Å². The second-order valence-corrected chi connectivity index (χ2v) is 6.95. The lowest BCUT2D eigenvalue weighted by atomic mass is 10.1. The van der Waals surface area contributed by atoms with E-state index in [1.54, 1.807) is 24.3 Å². The molecule has 1 aromatic rings. The normalized spacial score (nSPS) is 23.2. The molecule has 3 rings (SSSR count). The molecule has 0 aliphatic carbocycles. The van der Waals surface area contributed by atoms with E-state index in [4.69, 9.17) is 9.29 Å². The van der Waals surface area contributed by atoms with E-state index in [1.807, 2.05) is 4.90 Å². The third-order valence-electron chi connectivity index (χ3n) is 4.54. The van der Waals surface area contributed by atoms with E-state index in [0.29, 0.717) is 17.2 Å². The van der Waals surface area contributed by atoms with Crippen LogP contribution in [-0.4, -0.2) is 70.4 Å². The van der Waals surface area contributed by atoms with Crippen molar-refractivity contribution in [1.82, 2.24) is 9.80 Å². The van der Waals surface area contributed by atoms with Gasteiger partial charge in [0, 0.05) is 50.6 Å². The van der Waals surface area contributed by atoms with Gasteiger partial charge in [0.05, 0.1) is 6.61 Å². The summed E-state index contributed by atoms with van der Waals surface area (Å²) >= 11 is -2.10. The highest BCUT2D eigenvalue weighted by Gasteiger charge is 2.25. The number of rotatable bonds is 5. The van der Waals surface area contributed by atoms with Crippen LogP contribution in [0.2, 0.25) is 0 Å². The van der Waals surface area contributed by atoms with Crippen molar-refractivity contribution < 1.29 is 18.3 Å². The molecule has 2 N–H and O–H groups in total. The predicted molar refractivity (Wildman–Crippen MR) is 92.1 cm³/mol. The molecule has 1 amide bonds. The van der Waals surface area contributed by atoms with Gasteiger partial charge in [-0.2, -0.15) is 0 Å². The Morgan fingerprint density at radius 3 is 2.54 bits per heavy atom. The van der Waals surface area contributed by atoms with Crippen LogP contribution >= 0.6 is 0 Å². The molecule has 2 unspecified atom stereocenters. The zero-order valence-corrected chi connectivity index (χ0v) is 14.3. The van der Waals surface area contributed by atoms with E-state index in [2.05, 4.69) is 9.62 Å². The van der Waals surface area contributed by atoms with Gasteiger partial charge in [-0.15, -0.1) is 0 Å². The van der Waals surface area contributed by atoms with Gasteiger partial charge in [0.2, 0.25) is 0 Å². The smallest absolute Gasteiger partial charge is 0.259 e. The Morgan fingerprint density at radius 2 is 1.96 bits per heavy atom. The van der Waals surface area contributed by atoms with Crippen LogP contribution in [0.4, 0.5) is 5.69 Å². The first-order chi connectivity index (χ1) is 11.6. The van der Waals surface area contributed by atoms with Gasteiger partial charge in [-0.05, 0) is 36.6 Å². The monoisotopic (exact) mass is 353 g/mol. The number of nitrogens with one attached hydrogen (secondary N) is 1. The summed E-state index contributed by atoms with van der Waals surface area (Å²) in [5, 5.41) is 0. The second kappa shape index (κ2) is 8.06. The van der Waals surface area contributed by atoms with Gasteiger partial charge in [-0.25, -0.2) is 4.21 Å². The summed E-state index contributed by atoms with van der Waals surface area (Å²) in [7, 11) is 0. The van der Waals surface area contributed by atoms with Crippen molar-refractivity contribution in [3.63, 3.8) is 0 Å². The lowest BCUT2D eigenvalue weighted by Gasteiger charge is -2.35. The number of hydrogen-bond acceptors (Lipinski definition) is 4. The van der Waals surface area contributed by atoms with Gasteiger partial charge in [0.1, 0.15) is 0 Å². The highest BCUT2D eigenvalue weighted by Crippen LogP contribution is 2.17. The van der Waals surface area contributed by atoms with Crippen LogP contribution in [-0.2, 0) is 16.0 Å². The molecule has 0 spiro atoms. The Labute approximate surface area is 144 Å².